The normalized spacial score (nSPS) is 25.9. The topological polar surface area (TPSA) is 38.3 Å². The van der Waals surface area contributed by atoms with Crippen LogP contribution in [-0.2, 0) is 11.3 Å². The Morgan fingerprint density at radius 3 is 2.96 bits per heavy atom. The van der Waals surface area contributed by atoms with Gasteiger partial charge in [-0.2, -0.15) is 0 Å². The molecule has 25 heavy (non-hydrogen) atoms. The zero-order chi connectivity index (χ0) is 17.4. The Balaban J connectivity index is 1.57. The first kappa shape index (κ1) is 17.0. The van der Waals surface area contributed by atoms with Crippen molar-refractivity contribution < 1.29 is 13.9 Å². The minimum atomic E-state index is -0.286. The fraction of sp³-hybridized carbons (Fsp3) is 0.550. The van der Waals surface area contributed by atoms with Gasteiger partial charge in [0.1, 0.15) is 5.82 Å². The van der Waals surface area contributed by atoms with E-state index in [2.05, 4.69) is 5.32 Å². The molecule has 3 atom stereocenters. The van der Waals surface area contributed by atoms with E-state index in [9.17, 15) is 9.18 Å². The smallest absolute Gasteiger partial charge is 0.261 e. The van der Waals surface area contributed by atoms with Gasteiger partial charge >= 0.3 is 0 Å². The van der Waals surface area contributed by atoms with Crippen molar-refractivity contribution in [3.05, 3.63) is 34.5 Å². The fourth-order valence-corrected chi connectivity index (χ4v) is 5.84. The second-order valence-electron chi connectivity index (χ2n) is 7.39. The zero-order valence-electron chi connectivity index (χ0n) is 14.5. The van der Waals surface area contributed by atoms with E-state index in [1.807, 2.05) is 6.07 Å². The average Bonchev–Trinajstić information content (AvgIpc) is 3.20. The molecule has 5 heteroatoms. The quantitative estimate of drug-likeness (QED) is 0.842. The first-order chi connectivity index (χ1) is 12.2. The molecular formula is C20H24FNO2S. The summed E-state index contributed by atoms with van der Waals surface area (Å²) >= 11 is 1.36. The molecule has 2 fully saturated rings. The van der Waals surface area contributed by atoms with Crippen LogP contribution in [0.25, 0.3) is 10.1 Å². The number of benzene rings is 1. The molecule has 134 valence electrons. The van der Waals surface area contributed by atoms with Crippen molar-refractivity contribution in [2.24, 2.45) is 11.8 Å². The number of fused-ring (bicyclic) bond motifs is 2. The highest BCUT2D eigenvalue weighted by molar-refractivity contribution is 7.21. The van der Waals surface area contributed by atoms with Crippen LogP contribution in [0.3, 0.4) is 0 Å². The Labute approximate surface area is 151 Å². The van der Waals surface area contributed by atoms with E-state index in [1.165, 1.54) is 43.1 Å². The standard InChI is InChI=1S/C20H24FNO2S/c1-24-11-15-18-16(21)6-3-7-17(18)25-19(15)20(23)22-14-9-8-12-4-2-5-13(12)10-14/h3,6-7,12-14H,2,4-5,8-11H2,1H3,(H,22,23)/t12-,13-,14-/m1/s1. The third-order valence-electron chi connectivity index (χ3n) is 5.88. The van der Waals surface area contributed by atoms with E-state index in [-0.39, 0.29) is 24.4 Å². The van der Waals surface area contributed by atoms with Crippen molar-refractivity contribution in [2.45, 2.75) is 51.2 Å². The minimum absolute atomic E-state index is 0.0749. The molecule has 1 N–H and O–H groups in total. The highest BCUT2D eigenvalue weighted by atomic mass is 32.1. The fourth-order valence-electron chi connectivity index (χ4n) is 4.72. The predicted octanol–water partition coefficient (Wildman–Crippen LogP) is 4.89. The summed E-state index contributed by atoms with van der Waals surface area (Å²) in [5.74, 6) is 1.29. The van der Waals surface area contributed by atoms with Crippen LogP contribution in [0.5, 0.6) is 0 Å². The number of methoxy groups -OCH3 is 1. The first-order valence-corrected chi connectivity index (χ1v) is 9.98. The summed E-state index contributed by atoms with van der Waals surface area (Å²) in [7, 11) is 1.58. The van der Waals surface area contributed by atoms with Crippen molar-refractivity contribution in [3.8, 4) is 0 Å². The first-order valence-electron chi connectivity index (χ1n) is 9.17. The van der Waals surface area contributed by atoms with E-state index >= 15 is 0 Å². The Bertz CT molecular complexity index is 787. The summed E-state index contributed by atoms with van der Waals surface area (Å²) in [4.78, 5) is 13.5. The summed E-state index contributed by atoms with van der Waals surface area (Å²) < 4.78 is 20.3. The summed E-state index contributed by atoms with van der Waals surface area (Å²) in [6, 6.07) is 5.24. The molecule has 2 aliphatic rings. The number of ether oxygens (including phenoxy) is 1. The summed E-state index contributed by atoms with van der Waals surface area (Å²) in [6.45, 7) is 0.249. The number of thiophene rings is 1. The van der Waals surface area contributed by atoms with Gasteiger partial charge in [0.2, 0.25) is 0 Å². The summed E-state index contributed by atoms with van der Waals surface area (Å²) in [5.41, 5.74) is 0.674. The maximum Gasteiger partial charge on any atom is 0.261 e. The number of hydrogen-bond acceptors (Lipinski definition) is 3. The van der Waals surface area contributed by atoms with E-state index < -0.39 is 0 Å². The van der Waals surface area contributed by atoms with Crippen LogP contribution in [0.4, 0.5) is 4.39 Å². The number of carbonyl (C=O) groups is 1. The molecule has 1 heterocycles. The Morgan fingerprint density at radius 2 is 2.12 bits per heavy atom. The van der Waals surface area contributed by atoms with Crippen LogP contribution in [0.2, 0.25) is 0 Å². The molecule has 0 bridgehead atoms. The molecule has 0 spiro atoms. The zero-order valence-corrected chi connectivity index (χ0v) is 15.3. The van der Waals surface area contributed by atoms with E-state index in [0.29, 0.717) is 15.8 Å². The summed E-state index contributed by atoms with van der Waals surface area (Å²) in [5, 5.41) is 3.75. The van der Waals surface area contributed by atoms with Crippen LogP contribution in [0.15, 0.2) is 18.2 Å². The second-order valence-corrected chi connectivity index (χ2v) is 8.44. The number of carbonyl (C=O) groups excluding carboxylic acids is 1. The van der Waals surface area contributed by atoms with Gasteiger partial charge in [0, 0.05) is 28.8 Å². The van der Waals surface area contributed by atoms with Crippen molar-refractivity contribution in [3.63, 3.8) is 0 Å². The Hall–Kier alpha value is -1.46. The lowest BCUT2D eigenvalue weighted by molar-refractivity contribution is 0.0910. The van der Waals surface area contributed by atoms with E-state index in [1.54, 1.807) is 13.2 Å². The Morgan fingerprint density at radius 1 is 1.28 bits per heavy atom. The molecule has 1 aromatic heterocycles. The maximum absolute atomic E-state index is 14.3. The van der Waals surface area contributed by atoms with Crippen LogP contribution in [0, 0.1) is 17.7 Å². The molecule has 0 saturated heterocycles. The molecule has 2 saturated carbocycles. The number of nitrogens with one attached hydrogen (secondary N) is 1. The molecule has 1 amide bonds. The Kier molecular flexibility index (Phi) is 4.78. The van der Waals surface area contributed by atoms with Gasteiger partial charge < -0.3 is 10.1 Å². The molecule has 0 radical (unpaired) electrons. The monoisotopic (exact) mass is 361 g/mol. The van der Waals surface area contributed by atoms with Gasteiger partial charge in [-0.05, 0) is 43.2 Å². The van der Waals surface area contributed by atoms with Gasteiger partial charge in [0.25, 0.3) is 5.91 Å². The highest BCUT2D eigenvalue weighted by Gasteiger charge is 2.34. The number of halogens is 1. The van der Waals surface area contributed by atoms with E-state index in [0.717, 1.165) is 29.4 Å². The van der Waals surface area contributed by atoms with Gasteiger partial charge in [-0.3, -0.25) is 4.79 Å². The molecule has 4 rings (SSSR count). The van der Waals surface area contributed by atoms with Gasteiger partial charge in [-0.25, -0.2) is 4.39 Å². The number of rotatable bonds is 4. The highest BCUT2D eigenvalue weighted by Crippen LogP contribution is 2.42. The maximum atomic E-state index is 14.3. The van der Waals surface area contributed by atoms with E-state index in [4.69, 9.17) is 4.74 Å². The molecule has 2 aliphatic carbocycles. The molecule has 2 aromatic rings. The lowest BCUT2D eigenvalue weighted by atomic mass is 9.79. The molecule has 0 aliphatic heterocycles. The van der Waals surface area contributed by atoms with Crippen molar-refractivity contribution in [1.29, 1.82) is 0 Å². The van der Waals surface area contributed by atoms with Crippen LogP contribution in [0.1, 0.15) is 53.8 Å². The third kappa shape index (κ3) is 3.20. The lowest BCUT2D eigenvalue weighted by Gasteiger charge is -2.32. The van der Waals surface area contributed by atoms with Gasteiger partial charge in [0.05, 0.1) is 11.5 Å². The second kappa shape index (κ2) is 7.04. The largest absolute Gasteiger partial charge is 0.380 e. The molecule has 0 unspecified atom stereocenters. The average molecular weight is 361 g/mol. The van der Waals surface area contributed by atoms with Crippen LogP contribution in [-0.4, -0.2) is 19.1 Å². The van der Waals surface area contributed by atoms with Crippen molar-refractivity contribution in [2.75, 3.05) is 7.11 Å². The van der Waals surface area contributed by atoms with Crippen molar-refractivity contribution >= 4 is 27.3 Å². The molecule has 3 nitrogen and oxygen atoms in total. The van der Waals surface area contributed by atoms with Crippen molar-refractivity contribution in [1.82, 2.24) is 5.32 Å². The predicted molar refractivity (Wildman–Crippen MR) is 98.4 cm³/mol. The van der Waals surface area contributed by atoms with Gasteiger partial charge in [-0.15, -0.1) is 11.3 Å². The lowest BCUT2D eigenvalue weighted by Crippen LogP contribution is -2.39. The van der Waals surface area contributed by atoms with Crippen LogP contribution >= 0.6 is 11.3 Å². The summed E-state index contributed by atoms with van der Waals surface area (Å²) in [6.07, 6.45) is 7.38. The molecular weight excluding hydrogens is 337 g/mol. The SMILES string of the molecule is COCc1c(C(=O)N[C@@H]2CC[C@H]3CCC[C@@H]3C2)sc2cccc(F)c12. The van der Waals surface area contributed by atoms with Crippen LogP contribution < -0.4 is 5.32 Å². The third-order valence-corrected chi connectivity index (χ3v) is 7.08. The molecule has 1 aromatic carbocycles. The van der Waals surface area contributed by atoms with Gasteiger partial charge in [0.15, 0.2) is 0 Å². The van der Waals surface area contributed by atoms with Gasteiger partial charge in [-0.1, -0.05) is 25.3 Å². The number of hydrogen-bond donors (Lipinski definition) is 1. The number of amides is 1. The minimum Gasteiger partial charge on any atom is -0.380 e.